The first-order valence-corrected chi connectivity index (χ1v) is 8.71. The van der Waals surface area contributed by atoms with Crippen LogP contribution in [0.1, 0.15) is 13.3 Å². The Labute approximate surface area is 130 Å². The Morgan fingerprint density at radius 2 is 2.00 bits per heavy atom. The van der Waals surface area contributed by atoms with Crippen LogP contribution in [-0.4, -0.2) is 46.8 Å². The van der Waals surface area contributed by atoms with Gasteiger partial charge in [0.25, 0.3) is 0 Å². The van der Waals surface area contributed by atoms with Crippen molar-refractivity contribution in [3.8, 4) is 5.69 Å². The Balaban J connectivity index is 1.86. The molecule has 1 aliphatic rings. The molecule has 0 aliphatic carbocycles. The van der Waals surface area contributed by atoms with Gasteiger partial charge >= 0.3 is 0 Å². The second-order valence-electron chi connectivity index (χ2n) is 5.65. The summed E-state index contributed by atoms with van der Waals surface area (Å²) < 4.78 is 28.2. The number of aliphatic hydroxyl groups excluding tert-OH is 1. The molecule has 22 heavy (non-hydrogen) atoms. The van der Waals surface area contributed by atoms with Gasteiger partial charge in [-0.3, -0.25) is 0 Å². The highest BCUT2D eigenvalue weighted by atomic mass is 32.2. The molecule has 7 heteroatoms. The molecule has 1 fully saturated rings. The lowest BCUT2D eigenvalue weighted by Crippen LogP contribution is -2.45. The summed E-state index contributed by atoms with van der Waals surface area (Å²) in [6.45, 7) is 2.50. The first-order chi connectivity index (χ1) is 10.5. The van der Waals surface area contributed by atoms with Crippen LogP contribution in [0.5, 0.6) is 0 Å². The van der Waals surface area contributed by atoms with Gasteiger partial charge in [-0.15, -0.1) is 0 Å². The fourth-order valence-electron chi connectivity index (χ4n) is 2.55. The van der Waals surface area contributed by atoms with Gasteiger partial charge in [-0.1, -0.05) is 25.1 Å². The highest BCUT2D eigenvalue weighted by Gasteiger charge is 2.33. The number of sulfonamides is 1. The van der Waals surface area contributed by atoms with Crippen LogP contribution in [0.4, 0.5) is 0 Å². The number of β-amino-alcohol motifs (C(OH)–C–C–N with tert-alkyl or cyclic N) is 1. The minimum Gasteiger partial charge on any atom is -0.391 e. The molecule has 2 heterocycles. The van der Waals surface area contributed by atoms with Gasteiger partial charge in [0.1, 0.15) is 4.90 Å². The van der Waals surface area contributed by atoms with Crippen LogP contribution >= 0.6 is 0 Å². The van der Waals surface area contributed by atoms with Crippen molar-refractivity contribution in [2.75, 3.05) is 13.1 Å². The molecule has 0 saturated carbocycles. The van der Waals surface area contributed by atoms with E-state index >= 15 is 0 Å². The van der Waals surface area contributed by atoms with Gasteiger partial charge in [-0.2, -0.15) is 9.40 Å². The van der Waals surface area contributed by atoms with E-state index in [-0.39, 0.29) is 17.4 Å². The molecule has 0 radical (unpaired) electrons. The van der Waals surface area contributed by atoms with Crippen molar-refractivity contribution in [1.82, 2.24) is 14.1 Å². The number of hydrogen-bond acceptors (Lipinski definition) is 4. The fourth-order valence-corrected chi connectivity index (χ4v) is 3.95. The van der Waals surface area contributed by atoms with Crippen molar-refractivity contribution in [1.29, 1.82) is 0 Å². The molecule has 2 unspecified atom stereocenters. The lowest BCUT2D eigenvalue weighted by molar-refractivity contribution is 0.0605. The summed E-state index contributed by atoms with van der Waals surface area (Å²) >= 11 is 0. The number of aliphatic hydroxyl groups is 1. The zero-order valence-electron chi connectivity index (χ0n) is 12.3. The zero-order valence-corrected chi connectivity index (χ0v) is 13.1. The third-order valence-electron chi connectivity index (χ3n) is 4.10. The van der Waals surface area contributed by atoms with Crippen molar-refractivity contribution in [3.63, 3.8) is 0 Å². The van der Waals surface area contributed by atoms with Gasteiger partial charge in [-0.25, -0.2) is 13.1 Å². The smallest absolute Gasteiger partial charge is 0.246 e. The van der Waals surface area contributed by atoms with E-state index in [1.54, 1.807) is 0 Å². The summed E-state index contributed by atoms with van der Waals surface area (Å²) in [5.41, 5.74) is 0.802. The van der Waals surface area contributed by atoms with Crippen molar-refractivity contribution < 1.29 is 13.5 Å². The molecular weight excluding hydrogens is 302 g/mol. The van der Waals surface area contributed by atoms with Gasteiger partial charge in [0.05, 0.1) is 24.2 Å². The summed E-state index contributed by atoms with van der Waals surface area (Å²) in [5.74, 6) is 0.124. The topological polar surface area (TPSA) is 75.4 Å². The molecule has 1 aliphatic heterocycles. The number of para-hydroxylation sites is 1. The zero-order chi connectivity index (χ0) is 15.7. The minimum absolute atomic E-state index is 0.124. The fraction of sp³-hybridized carbons (Fsp3) is 0.400. The van der Waals surface area contributed by atoms with Gasteiger partial charge < -0.3 is 5.11 Å². The Kier molecular flexibility index (Phi) is 4.03. The van der Waals surface area contributed by atoms with Crippen LogP contribution in [0.15, 0.2) is 47.6 Å². The molecule has 1 aromatic heterocycles. The van der Waals surface area contributed by atoms with Crippen LogP contribution in [0.25, 0.3) is 5.69 Å². The average Bonchev–Trinajstić information content (AvgIpc) is 3.01. The van der Waals surface area contributed by atoms with E-state index in [2.05, 4.69) is 5.10 Å². The number of rotatable bonds is 3. The number of piperidine rings is 1. The lowest BCUT2D eigenvalue weighted by atomic mass is 9.98. The van der Waals surface area contributed by atoms with Gasteiger partial charge in [0.15, 0.2) is 0 Å². The molecule has 6 nitrogen and oxygen atoms in total. The first kappa shape index (κ1) is 15.2. The summed E-state index contributed by atoms with van der Waals surface area (Å²) in [4.78, 5) is 0.151. The second-order valence-corrected chi connectivity index (χ2v) is 7.59. The van der Waals surface area contributed by atoms with E-state index in [1.165, 1.54) is 21.4 Å². The molecule has 2 aromatic rings. The molecule has 118 valence electrons. The Hall–Kier alpha value is -1.70. The molecule has 2 atom stereocenters. The Morgan fingerprint density at radius 3 is 2.68 bits per heavy atom. The molecule has 1 saturated heterocycles. The number of benzene rings is 1. The van der Waals surface area contributed by atoms with E-state index in [0.717, 1.165) is 5.69 Å². The summed E-state index contributed by atoms with van der Waals surface area (Å²) in [5, 5.41) is 14.0. The van der Waals surface area contributed by atoms with E-state index < -0.39 is 16.1 Å². The maximum atomic E-state index is 12.6. The van der Waals surface area contributed by atoms with Crippen molar-refractivity contribution in [2.45, 2.75) is 24.3 Å². The van der Waals surface area contributed by atoms with Crippen molar-refractivity contribution >= 4 is 10.0 Å². The molecule has 0 spiro atoms. The first-order valence-electron chi connectivity index (χ1n) is 7.27. The predicted molar refractivity (Wildman–Crippen MR) is 82.1 cm³/mol. The Morgan fingerprint density at radius 1 is 1.27 bits per heavy atom. The number of nitrogens with zero attached hydrogens (tertiary/aromatic N) is 3. The third kappa shape index (κ3) is 2.79. The predicted octanol–water partition coefficient (Wildman–Crippen LogP) is 1.26. The third-order valence-corrected chi connectivity index (χ3v) is 5.92. The highest BCUT2D eigenvalue weighted by molar-refractivity contribution is 7.89. The summed E-state index contributed by atoms with van der Waals surface area (Å²) in [6.07, 6.45) is 2.90. The average molecular weight is 321 g/mol. The van der Waals surface area contributed by atoms with Crippen LogP contribution in [-0.2, 0) is 10.0 Å². The molecule has 1 aromatic carbocycles. The van der Waals surface area contributed by atoms with Crippen LogP contribution in [0, 0.1) is 5.92 Å². The lowest BCUT2D eigenvalue weighted by Gasteiger charge is -2.33. The summed E-state index contributed by atoms with van der Waals surface area (Å²) in [6, 6.07) is 9.34. The maximum absolute atomic E-state index is 12.6. The van der Waals surface area contributed by atoms with E-state index in [0.29, 0.717) is 13.0 Å². The molecule has 0 amide bonds. The van der Waals surface area contributed by atoms with Gasteiger partial charge in [0, 0.05) is 13.1 Å². The van der Waals surface area contributed by atoms with E-state index in [1.807, 2.05) is 37.3 Å². The maximum Gasteiger partial charge on any atom is 0.246 e. The quantitative estimate of drug-likeness (QED) is 0.923. The molecule has 3 rings (SSSR count). The highest BCUT2D eigenvalue weighted by Crippen LogP contribution is 2.24. The SMILES string of the molecule is CC1CCN(S(=O)(=O)c2cnn(-c3ccccc3)c2)CC1O. The molecular formula is C15H19N3O3S. The van der Waals surface area contributed by atoms with Gasteiger partial charge in [0.2, 0.25) is 10.0 Å². The van der Waals surface area contributed by atoms with Gasteiger partial charge in [-0.05, 0) is 24.5 Å². The Bertz CT molecular complexity index is 742. The molecule has 1 N–H and O–H groups in total. The van der Waals surface area contributed by atoms with E-state index in [9.17, 15) is 13.5 Å². The van der Waals surface area contributed by atoms with E-state index in [4.69, 9.17) is 0 Å². The van der Waals surface area contributed by atoms with Crippen molar-refractivity contribution in [2.24, 2.45) is 5.92 Å². The minimum atomic E-state index is -3.62. The monoisotopic (exact) mass is 321 g/mol. The number of hydrogen-bond donors (Lipinski definition) is 1. The van der Waals surface area contributed by atoms with Crippen LogP contribution in [0.2, 0.25) is 0 Å². The summed E-state index contributed by atoms with van der Waals surface area (Å²) in [7, 11) is -3.62. The second kappa shape index (κ2) is 5.83. The number of aromatic nitrogens is 2. The normalized spacial score (nSPS) is 23.5. The van der Waals surface area contributed by atoms with Crippen LogP contribution < -0.4 is 0 Å². The van der Waals surface area contributed by atoms with Crippen LogP contribution in [0.3, 0.4) is 0 Å². The van der Waals surface area contributed by atoms with Crippen molar-refractivity contribution in [3.05, 3.63) is 42.7 Å². The largest absolute Gasteiger partial charge is 0.391 e. The molecule has 0 bridgehead atoms. The standard InChI is InChI=1S/C15H19N3O3S/c1-12-7-8-17(11-15(12)19)22(20,21)14-9-16-18(10-14)13-5-3-2-4-6-13/h2-6,9-10,12,15,19H,7-8,11H2,1H3.